The van der Waals surface area contributed by atoms with Gasteiger partial charge in [-0.05, 0) is 31.5 Å². The maximum atomic E-state index is 11.7. The molecular formula is C10H15NO2. The number of carbonyl (C=O) groups is 1. The van der Waals surface area contributed by atoms with Crippen LogP contribution in [0.3, 0.4) is 0 Å². The molecule has 0 bridgehead atoms. The summed E-state index contributed by atoms with van der Waals surface area (Å²) in [4.78, 5) is 11.7. The first-order valence-corrected chi connectivity index (χ1v) is 4.86. The van der Waals surface area contributed by atoms with Gasteiger partial charge in [0.25, 0.3) is 0 Å². The van der Waals surface area contributed by atoms with Gasteiger partial charge in [-0.25, -0.2) is 0 Å². The molecule has 1 heterocycles. The van der Waals surface area contributed by atoms with Crippen LogP contribution in [0.2, 0.25) is 0 Å². The van der Waals surface area contributed by atoms with E-state index in [2.05, 4.69) is 5.32 Å². The molecule has 3 nitrogen and oxygen atoms in total. The van der Waals surface area contributed by atoms with Gasteiger partial charge < -0.3 is 10.1 Å². The van der Waals surface area contributed by atoms with Crippen molar-refractivity contribution in [3.63, 3.8) is 0 Å². The first-order chi connectivity index (χ1) is 6.29. The van der Waals surface area contributed by atoms with E-state index in [-0.39, 0.29) is 11.9 Å². The average Bonchev–Trinajstić information content (AvgIpc) is 2.89. The van der Waals surface area contributed by atoms with E-state index in [0.29, 0.717) is 0 Å². The lowest BCUT2D eigenvalue weighted by atomic mass is 9.86. The molecule has 0 aromatic carbocycles. The van der Waals surface area contributed by atoms with E-state index in [1.807, 2.05) is 0 Å². The first kappa shape index (κ1) is 8.75. The highest BCUT2D eigenvalue weighted by atomic mass is 16.6. The van der Waals surface area contributed by atoms with Crippen LogP contribution in [0.1, 0.15) is 25.7 Å². The molecule has 1 saturated carbocycles. The Balaban J connectivity index is 2.00. The molecule has 2 fully saturated rings. The van der Waals surface area contributed by atoms with Crippen molar-refractivity contribution < 1.29 is 9.53 Å². The average molecular weight is 181 g/mol. The molecule has 2 unspecified atom stereocenters. The molecule has 2 aliphatic rings. The zero-order chi connectivity index (χ0) is 9.31. The smallest absolute Gasteiger partial charge is 0.191 e. The summed E-state index contributed by atoms with van der Waals surface area (Å²) in [6.45, 7) is 0. The Bertz CT molecular complexity index is 249. The van der Waals surface area contributed by atoms with Crippen molar-refractivity contribution in [3.8, 4) is 0 Å². The molecule has 1 N–H and O–H groups in total. The quantitative estimate of drug-likeness (QED) is 0.521. The Morgan fingerprint density at radius 3 is 3.15 bits per heavy atom. The van der Waals surface area contributed by atoms with Crippen molar-refractivity contribution in [1.29, 1.82) is 0 Å². The largest absolute Gasteiger partial charge is 0.394 e. The van der Waals surface area contributed by atoms with Crippen LogP contribution in [0, 0.1) is 0 Å². The lowest BCUT2D eigenvalue weighted by molar-refractivity contribution is -0.119. The minimum Gasteiger partial charge on any atom is -0.394 e. The Morgan fingerprint density at radius 2 is 2.46 bits per heavy atom. The maximum Gasteiger partial charge on any atom is 0.191 e. The van der Waals surface area contributed by atoms with Crippen molar-refractivity contribution >= 4 is 5.78 Å². The molecule has 0 amide bonds. The molecule has 3 heteroatoms. The fraction of sp³-hybridized carbons (Fsp3) is 0.700. The van der Waals surface area contributed by atoms with Crippen LogP contribution in [-0.4, -0.2) is 24.5 Å². The Hall–Kier alpha value is -0.830. The second-order valence-electron chi connectivity index (χ2n) is 3.73. The van der Waals surface area contributed by atoms with Gasteiger partial charge in [0.15, 0.2) is 11.4 Å². The van der Waals surface area contributed by atoms with Crippen LogP contribution in [0.5, 0.6) is 0 Å². The topological polar surface area (TPSA) is 41.6 Å². The number of hydrogen-bond donors (Lipinski definition) is 1. The normalized spacial score (nSPS) is 37.2. The van der Waals surface area contributed by atoms with Gasteiger partial charge in [0.2, 0.25) is 0 Å². The van der Waals surface area contributed by atoms with Crippen LogP contribution in [0.4, 0.5) is 0 Å². The summed E-state index contributed by atoms with van der Waals surface area (Å²) in [6.07, 6.45) is 7.76. The zero-order valence-electron chi connectivity index (χ0n) is 7.88. The Labute approximate surface area is 78.1 Å². The molecule has 0 aromatic heterocycles. The van der Waals surface area contributed by atoms with Gasteiger partial charge >= 0.3 is 0 Å². The van der Waals surface area contributed by atoms with Gasteiger partial charge in [0.05, 0.1) is 6.10 Å². The van der Waals surface area contributed by atoms with Crippen molar-refractivity contribution in [3.05, 3.63) is 12.3 Å². The SMILES string of the molecule is CN/C=C/C(=O)C12CCCCC1O2. The molecule has 2 rings (SSSR count). The Kier molecular flexibility index (Phi) is 2.12. The molecule has 0 spiro atoms. The number of rotatable bonds is 3. The van der Waals surface area contributed by atoms with E-state index in [4.69, 9.17) is 4.74 Å². The van der Waals surface area contributed by atoms with Crippen molar-refractivity contribution in [1.82, 2.24) is 5.32 Å². The lowest BCUT2D eigenvalue weighted by Crippen LogP contribution is -2.28. The summed E-state index contributed by atoms with van der Waals surface area (Å²) in [5.74, 6) is 0.131. The van der Waals surface area contributed by atoms with Crippen LogP contribution < -0.4 is 5.32 Å². The molecule has 0 radical (unpaired) electrons. The van der Waals surface area contributed by atoms with E-state index < -0.39 is 5.60 Å². The molecule has 2 atom stereocenters. The lowest BCUT2D eigenvalue weighted by Gasteiger charge is -2.13. The summed E-state index contributed by atoms with van der Waals surface area (Å²) in [5, 5.41) is 2.82. The van der Waals surface area contributed by atoms with Crippen molar-refractivity contribution in [2.24, 2.45) is 0 Å². The number of ketones is 1. The third-order valence-corrected chi connectivity index (χ3v) is 2.90. The number of carbonyl (C=O) groups excluding carboxylic acids is 1. The van der Waals surface area contributed by atoms with E-state index in [9.17, 15) is 4.79 Å². The second kappa shape index (κ2) is 3.14. The molecule has 0 aromatic rings. The zero-order valence-corrected chi connectivity index (χ0v) is 7.88. The van der Waals surface area contributed by atoms with Gasteiger partial charge in [-0.15, -0.1) is 0 Å². The highest BCUT2D eigenvalue weighted by molar-refractivity contribution is 5.99. The number of epoxide rings is 1. The standard InChI is InChI=1S/C10H15NO2/c1-11-7-5-8(12)10-6-3-2-4-9(10)13-10/h5,7,9,11H,2-4,6H2,1H3/b7-5+. The number of ether oxygens (including phenoxy) is 1. The van der Waals surface area contributed by atoms with Gasteiger partial charge in [-0.1, -0.05) is 6.42 Å². The third kappa shape index (κ3) is 1.37. The highest BCUT2D eigenvalue weighted by Gasteiger charge is 2.61. The predicted molar refractivity (Wildman–Crippen MR) is 49.3 cm³/mol. The molecule has 72 valence electrons. The fourth-order valence-corrected chi connectivity index (χ4v) is 2.09. The minimum absolute atomic E-state index is 0.131. The maximum absolute atomic E-state index is 11.7. The van der Waals surface area contributed by atoms with Gasteiger partial charge in [0, 0.05) is 7.05 Å². The van der Waals surface area contributed by atoms with Crippen LogP contribution in [-0.2, 0) is 9.53 Å². The van der Waals surface area contributed by atoms with Gasteiger partial charge in [-0.3, -0.25) is 4.79 Å². The summed E-state index contributed by atoms with van der Waals surface area (Å²) >= 11 is 0. The number of fused-ring (bicyclic) bond motifs is 1. The molecular weight excluding hydrogens is 166 g/mol. The van der Waals surface area contributed by atoms with Gasteiger partial charge in [0.1, 0.15) is 0 Å². The first-order valence-electron chi connectivity index (χ1n) is 4.86. The molecule has 13 heavy (non-hydrogen) atoms. The van der Waals surface area contributed by atoms with Gasteiger partial charge in [-0.2, -0.15) is 0 Å². The summed E-state index contributed by atoms with van der Waals surface area (Å²) in [7, 11) is 1.79. The Morgan fingerprint density at radius 1 is 1.62 bits per heavy atom. The van der Waals surface area contributed by atoms with E-state index in [1.54, 1.807) is 19.3 Å². The van der Waals surface area contributed by atoms with E-state index in [1.165, 1.54) is 6.42 Å². The van der Waals surface area contributed by atoms with Crippen LogP contribution >= 0.6 is 0 Å². The van der Waals surface area contributed by atoms with Crippen LogP contribution in [0.25, 0.3) is 0 Å². The van der Waals surface area contributed by atoms with E-state index in [0.717, 1.165) is 19.3 Å². The van der Waals surface area contributed by atoms with Crippen molar-refractivity contribution in [2.75, 3.05) is 7.05 Å². The van der Waals surface area contributed by atoms with Crippen molar-refractivity contribution in [2.45, 2.75) is 37.4 Å². The second-order valence-corrected chi connectivity index (χ2v) is 3.73. The summed E-state index contributed by atoms with van der Waals surface area (Å²) < 4.78 is 5.50. The van der Waals surface area contributed by atoms with Crippen LogP contribution in [0.15, 0.2) is 12.3 Å². The molecule has 1 saturated heterocycles. The molecule has 1 aliphatic carbocycles. The number of nitrogens with one attached hydrogen (secondary N) is 1. The fourth-order valence-electron chi connectivity index (χ4n) is 2.09. The predicted octanol–water partition coefficient (Wildman–Crippen LogP) is 1.00. The summed E-state index contributed by atoms with van der Waals surface area (Å²) in [6, 6.07) is 0. The van der Waals surface area contributed by atoms with E-state index >= 15 is 0 Å². The molecule has 1 aliphatic heterocycles. The highest BCUT2D eigenvalue weighted by Crippen LogP contribution is 2.48. The third-order valence-electron chi connectivity index (χ3n) is 2.90. The number of hydrogen-bond acceptors (Lipinski definition) is 3. The summed E-state index contributed by atoms with van der Waals surface area (Å²) in [5.41, 5.74) is -0.411. The minimum atomic E-state index is -0.411. The monoisotopic (exact) mass is 181 g/mol.